The number of ether oxygens (including phenoxy) is 1. The number of hydrogen-bond acceptors (Lipinski definition) is 5. The Hall–Kier alpha value is -4.27. The van der Waals surface area contributed by atoms with Gasteiger partial charge in [0.05, 0.1) is 24.6 Å². The molecular formula is C28H27FN4O3. The lowest BCUT2D eigenvalue weighted by Gasteiger charge is -2.27. The molecule has 0 unspecified atom stereocenters. The fraction of sp³-hybridized carbons (Fsp3) is 0.143. The van der Waals surface area contributed by atoms with E-state index in [4.69, 9.17) is 10.5 Å². The number of nitrogens with zero attached hydrogens (tertiary/aromatic N) is 1. The number of rotatable bonds is 7. The summed E-state index contributed by atoms with van der Waals surface area (Å²) in [5.41, 5.74) is 12.4. The van der Waals surface area contributed by atoms with Gasteiger partial charge in [0.15, 0.2) is 0 Å². The van der Waals surface area contributed by atoms with Gasteiger partial charge < -0.3 is 15.8 Å². The highest BCUT2D eigenvalue weighted by Crippen LogP contribution is 2.21. The third-order valence-electron chi connectivity index (χ3n) is 5.56. The molecule has 0 radical (unpaired) electrons. The van der Waals surface area contributed by atoms with Crippen molar-refractivity contribution in [2.75, 3.05) is 37.4 Å². The van der Waals surface area contributed by atoms with Crippen molar-refractivity contribution in [1.82, 2.24) is 10.4 Å². The van der Waals surface area contributed by atoms with Gasteiger partial charge in [-0.2, -0.15) is 0 Å². The summed E-state index contributed by atoms with van der Waals surface area (Å²) in [7, 11) is 0. The van der Waals surface area contributed by atoms with Crippen molar-refractivity contribution >= 4 is 40.9 Å². The first kappa shape index (κ1) is 24.8. The Morgan fingerprint density at radius 2 is 1.58 bits per heavy atom. The summed E-state index contributed by atoms with van der Waals surface area (Å²) in [6.45, 7) is 2.27. The molecule has 0 spiro atoms. The third kappa shape index (κ3) is 6.88. The van der Waals surface area contributed by atoms with Crippen molar-refractivity contribution in [3.8, 4) is 0 Å². The molecule has 4 rings (SSSR count). The van der Waals surface area contributed by atoms with Crippen LogP contribution < -0.4 is 16.5 Å². The van der Waals surface area contributed by atoms with Crippen LogP contribution in [0.15, 0.2) is 78.9 Å². The number of benzene rings is 3. The van der Waals surface area contributed by atoms with Crippen LogP contribution in [-0.2, 0) is 14.3 Å². The largest absolute Gasteiger partial charge is 0.397 e. The van der Waals surface area contributed by atoms with Crippen LogP contribution in [0.4, 0.5) is 15.8 Å². The van der Waals surface area contributed by atoms with Gasteiger partial charge in [-0.3, -0.25) is 15.0 Å². The number of nitrogen functional groups attached to an aromatic ring is 1. The maximum atomic E-state index is 13.5. The summed E-state index contributed by atoms with van der Waals surface area (Å²) in [6, 6.07) is 20.2. The average Bonchev–Trinajstić information content (AvgIpc) is 2.89. The van der Waals surface area contributed by atoms with Crippen molar-refractivity contribution in [1.29, 1.82) is 0 Å². The average molecular weight is 487 g/mol. The highest BCUT2D eigenvalue weighted by molar-refractivity contribution is 6.24. The van der Waals surface area contributed by atoms with E-state index in [1.807, 2.05) is 29.3 Å². The number of carbonyl (C=O) groups is 2. The zero-order chi connectivity index (χ0) is 25.3. The van der Waals surface area contributed by atoms with Crippen molar-refractivity contribution in [3.05, 3.63) is 101 Å². The van der Waals surface area contributed by atoms with Crippen LogP contribution in [0.5, 0.6) is 0 Å². The number of hydrogen-bond donors (Lipinski definition) is 3. The van der Waals surface area contributed by atoms with E-state index in [1.165, 1.54) is 18.2 Å². The van der Waals surface area contributed by atoms with Crippen molar-refractivity contribution in [3.63, 3.8) is 0 Å². The summed E-state index contributed by atoms with van der Waals surface area (Å²) >= 11 is 0. The smallest absolute Gasteiger partial charge is 0.266 e. The molecule has 1 aliphatic rings. The molecule has 0 bridgehead atoms. The van der Waals surface area contributed by atoms with E-state index in [0.717, 1.165) is 11.1 Å². The molecule has 0 aliphatic carbocycles. The molecule has 0 aromatic heterocycles. The maximum Gasteiger partial charge on any atom is 0.266 e. The summed E-state index contributed by atoms with van der Waals surface area (Å²) in [5.74, 6) is -0.957. The molecule has 1 fully saturated rings. The monoisotopic (exact) mass is 486 g/mol. The van der Waals surface area contributed by atoms with Crippen molar-refractivity contribution in [2.45, 2.75) is 0 Å². The standard InChI is InChI=1S/C28H27FN4O3/c29-23-12-10-22(11-13-23)24(28(35)32-33-15-17-36-18-16-33)19-21-7-5-20(6-8-21)9-14-27(34)31-26-4-2-1-3-25(26)30/h1-14,19H,15-18,30H2,(H,31,34)(H,32,35)/b14-9+,24-19-. The highest BCUT2D eigenvalue weighted by atomic mass is 19.1. The molecule has 1 aliphatic heterocycles. The quantitative estimate of drug-likeness (QED) is 0.267. The van der Waals surface area contributed by atoms with Gasteiger partial charge in [0.2, 0.25) is 5.91 Å². The Labute approximate surface area is 209 Å². The van der Waals surface area contributed by atoms with Crippen LogP contribution in [0.1, 0.15) is 16.7 Å². The Morgan fingerprint density at radius 3 is 2.28 bits per heavy atom. The van der Waals surface area contributed by atoms with Crippen LogP contribution in [-0.4, -0.2) is 43.1 Å². The van der Waals surface area contributed by atoms with Gasteiger partial charge in [0, 0.05) is 24.7 Å². The van der Waals surface area contributed by atoms with Gasteiger partial charge in [-0.15, -0.1) is 0 Å². The number of halogens is 1. The molecular weight excluding hydrogens is 459 g/mol. The molecule has 2 amide bonds. The molecule has 8 heteroatoms. The number of para-hydroxylation sites is 2. The Morgan fingerprint density at radius 1 is 0.917 bits per heavy atom. The van der Waals surface area contributed by atoms with E-state index in [1.54, 1.807) is 48.6 Å². The number of carbonyl (C=O) groups excluding carboxylic acids is 2. The van der Waals surface area contributed by atoms with E-state index >= 15 is 0 Å². The minimum Gasteiger partial charge on any atom is -0.397 e. The normalized spacial score (nSPS) is 14.5. The lowest BCUT2D eigenvalue weighted by atomic mass is 10.0. The lowest BCUT2D eigenvalue weighted by molar-refractivity contribution is -0.122. The second kappa shape index (κ2) is 11.9. The minimum absolute atomic E-state index is 0.288. The fourth-order valence-corrected chi connectivity index (χ4v) is 3.62. The SMILES string of the molecule is Nc1ccccc1NC(=O)/C=C/c1ccc(/C=C(\C(=O)NN2CCOCC2)c2ccc(F)cc2)cc1. The van der Waals surface area contributed by atoms with E-state index in [2.05, 4.69) is 10.7 Å². The van der Waals surface area contributed by atoms with Gasteiger partial charge in [-0.1, -0.05) is 48.5 Å². The maximum absolute atomic E-state index is 13.5. The zero-order valence-electron chi connectivity index (χ0n) is 19.6. The number of nitrogens with one attached hydrogen (secondary N) is 2. The Kier molecular flexibility index (Phi) is 8.23. The molecule has 0 saturated carbocycles. The van der Waals surface area contributed by atoms with E-state index in [0.29, 0.717) is 48.8 Å². The van der Waals surface area contributed by atoms with Crippen LogP contribution in [0.3, 0.4) is 0 Å². The first-order chi connectivity index (χ1) is 17.5. The van der Waals surface area contributed by atoms with E-state index in [-0.39, 0.29) is 17.6 Å². The molecule has 1 heterocycles. The second-order valence-corrected chi connectivity index (χ2v) is 8.18. The number of amides is 2. The van der Waals surface area contributed by atoms with Gasteiger partial charge >= 0.3 is 0 Å². The molecule has 3 aromatic rings. The molecule has 4 N–H and O–H groups in total. The second-order valence-electron chi connectivity index (χ2n) is 8.18. The topological polar surface area (TPSA) is 96.7 Å². The molecule has 3 aromatic carbocycles. The predicted molar refractivity (Wildman–Crippen MR) is 140 cm³/mol. The van der Waals surface area contributed by atoms with Gasteiger partial charge in [-0.05, 0) is 53.1 Å². The minimum atomic E-state index is -0.373. The first-order valence-corrected chi connectivity index (χ1v) is 11.5. The predicted octanol–water partition coefficient (Wildman–Crippen LogP) is 3.96. The summed E-state index contributed by atoms with van der Waals surface area (Å²) in [5, 5.41) is 4.55. The fourth-order valence-electron chi connectivity index (χ4n) is 3.62. The molecule has 0 atom stereocenters. The number of nitrogens with two attached hydrogens (primary N) is 1. The van der Waals surface area contributed by atoms with Crippen LogP contribution in [0.25, 0.3) is 17.7 Å². The highest BCUT2D eigenvalue weighted by Gasteiger charge is 2.18. The number of hydrazine groups is 1. The third-order valence-corrected chi connectivity index (χ3v) is 5.56. The van der Waals surface area contributed by atoms with E-state index < -0.39 is 0 Å². The summed E-state index contributed by atoms with van der Waals surface area (Å²) in [6.07, 6.45) is 4.87. The Balaban J connectivity index is 1.48. The van der Waals surface area contributed by atoms with Crippen LogP contribution in [0.2, 0.25) is 0 Å². The Bertz CT molecular complexity index is 1260. The first-order valence-electron chi connectivity index (χ1n) is 11.5. The van der Waals surface area contributed by atoms with Gasteiger partial charge in [-0.25, -0.2) is 9.40 Å². The summed E-state index contributed by atoms with van der Waals surface area (Å²) < 4.78 is 18.8. The van der Waals surface area contributed by atoms with Crippen molar-refractivity contribution in [2.24, 2.45) is 0 Å². The molecule has 7 nitrogen and oxygen atoms in total. The number of morpholine rings is 1. The van der Waals surface area contributed by atoms with Gasteiger partial charge in [0.25, 0.3) is 5.91 Å². The molecule has 184 valence electrons. The zero-order valence-corrected chi connectivity index (χ0v) is 19.6. The molecule has 1 saturated heterocycles. The van der Waals surface area contributed by atoms with Crippen molar-refractivity contribution < 1.29 is 18.7 Å². The van der Waals surface area contributed by atoms with Crippen LogP contribution >= 0.6 is 0 Å². The van der Waals surface area contributed by atoms with Gasteiger partial charge in [0.1, 0.15) is 5.82 Å². The van der Waals surface area contributed by atoms with Crippen LogP contribution in [0, 0.1) is 5.82 Å². The lowest BCUT2D eigenvalue weighted by Crippen LogP contribution is -2.48. The van der Waals surface area contributed by atoms with E-state index in [9.17, 15) is 14.0 Å². The molecule has 36 heavy (non-hydrogen) atoms. The summed E-state index contributed by atoms with van der Waals surface area (Å²) in [4.78, 5) is 25.3. The number of anilines is 2.